The third-order valence-corrected chi connectivity index (χ3v) is 4.37. The molecule has 0 aliphatic heterocycles. The lowest BCUT2D eigenvalue weighted by molar-refractivity contribution is -0.136. The zero-order valence-corrected chi connectivity index (χ0v) is 16.4. The van der Waals surface area contributed by atoms with E-state index in [1.54, 1.807) is 12.1 Å². The summed E-state index contributed by atoms with van der Waals surface area (Å²) in [6.07, 6.45) is -6.84. The molecule has 11 heteroatoms. The summed E-state index contributed by atoms with van der Waals surface area (Å²) in [5, 5.41) is 71.9. The number of aliphatic hydroxyl groups excluding tert-OH is 5. The van der Waals surface area contributed by atoms with Crippen molar-refractivity contribution in [3.8, 4) is 28.6 Å². The summed E-state index contributed by atoms with van der Waals surface area (Å²) in [4.78, 5) is 21.9. The number of aromatic hydroxyl groups is 3. The minimum atomic E-state index is -1.79. The molecule has 4 unspecified atom stereocenters. The number of hydrogen-bond acceptors (Lipinski definition) is 11. The van der Waals surface area contributed by atoms with Crippen LogP contribution in [0.3, 0.4) is 0 Å². The fourth-order valence-electron chi connectivity index (χ4n) is 2.64. The van der Waals surface area contributed by atoms with E-state index in [9.17, 15) is 24.9 Å². The Bertz CT molecular complexity index is 1110. The second-order valence-electron chi connectivity index (χ2n) is 6.72. The lowest BCUT2D eigenvalue weighted by atomic mass is 10.0. The van der Waals surface area contributed by atoms with E-state index in [0.717, 1.165) is 6.07 Å². The highest BCUT2D eigenvalue weighted by Gasteiger charge is 2.29. The first-order valence-electron chi connectivity index (χ1n) is 9.16. The van der Waals surface area contributed by atoms with Crippen molar-refractivity contribution >= 4 is 17.3 Å². The van der Waals surface area contributed by atoms with Gasteiger partial charge >= 0.3 is 0 Å². The van der Waals surface area contributed by atoms with Crippen LogP contribution in [0.5, 0.6) is 17.2 Å². The monoisotopic (exact) mass is 450 g/mol. The minimum absolute atomic E-state index is 0.0188. The molecule has 0 saturated carbocycles. The third-order valence-electron chi connectivity index (χ3n) is 4.37. The van der Waals surface area contributed by atoms with Crippen LogP contribution < -0.4 is 5.43 Å². The van der Waals surface area contributed by atoms with Crippen LogP contribution in [-0.4, -0.2) is 78.2 Å². The molecule has 32 heavy (non-hydrogen) atoms. The zero-order valence-electron chi connectivity index (χ0n) is 16.4. The molecule has 1 aromatic heterocycles. The Hall–Kier alpha value is -3.48. The van der Waals surface area contributed by atoms with Crippen LogP contribution in [0.2, 0.25) is 0 Å². The normalized spacial score (nSPS) is 14.7. The summed E-state index contributed by atoms with van der Waals surface area (Å²) in [5.41, 5.74) is 0.287. The summed E-state index contributed by atoms with van der Waals surface area (Å²) in [7, 11) is 0. The van der Waals surface area contributed by atoms with Gasteiger partial charge < -0.3 is 50.1 Å². The number of aldehydes is 1. The van der Waals surface area contributed by atoms with E-state index in [1.165, 1.54) is 24.3 Å². The average molecular weight is 450 g/mol. The van der Waals surface area contributed by atoms with Crippen molar-refractivity contribution in [3.63, 3.8) is 0 Å². The maximum absolute atomic E-state index is 12.0. The highest BCUT2D eigenvalue weighted by Crippen LogP contribution is 2.30. The number of carbonyl (C=O) groups is 1. The largest absolute Gasteiger partial charge is 0.508 e. The maximum Gasteiger partial charge on any atom is 0.197 e. The van der Waals surface area contributed by atoms with Crippen molar-refractivity contribution < 1.29 is 50.1 Å². The first-order chi connectivity index (χ1) is 15.1. The van der Waals surface area contributed by atoms with Crippen molar-refractivity contribution in [2.75, 3.05) is 6.61 Å². The number of aliphatic hydroxyl groups is 5. The molecule has 3 aromatic rings. The van der Waals surface area contributed by atoms with Gasteiger partial charge in [0.15, 0.2) is 11.7 Å². The van der Waals surface area contributed by atoms with E-state index >= 15 is 0 Å². The van der Waals surface area contributed by atoms with Gasteiger partial charge in [-0.1, -0.05) is 0 Å². The summed E-state index contributed by atoms with van der Waals surface area (Å²) >= 11 is 0. The van der Waals surface area contributed by atoms with E-state index < -0.39 is 36.5 Å². The molecule has 0 aliphatic carbocycles. The van der Waals surface area contributed by atoms with Gasteiger partial charge in [-0.3, -0.25) is 4.79 Å². The quantitative estimate of drug-likeness (QED) is 0.218. The van der Waals surface area contributed by atoms with Crippen LogP contribution in [0.15, 0.2) is 51.7 Å². The number of carbonyl (C=O) groups excluding carboxylic acids is 1. The Labute approximate surface area is 180 Å². The van der Waals surface area contributed by atoms with Gasteiger partial charge in [-0.2, -0.15) is 0 Å². The number of benzene rings is 2. The van der Waals surface area contributed by atoms with Crippen molar-refractivity contribution in [3.05, 3.63) is 52.7 Å². The molecule has 3 rings (SSSR count). The third kappa shape index (κ3) is 5.81. The molecule has 0 bridgehead atoms. The van der Waals surface area contributed by atoms with Gasteiger partial charge in [-0.05, 0) is 24.3 Å². The fraction of sp³-hybridized carbons (Fsp3) is 0.238. The lowest BCUT2D eigenvalue weighted by Crippen LogP contribution is -2.46. The van der Waals surface area contributed by atoms with Gasteiger partial charge in [0.25, 0.3) is 0 Å². The number of phenols is 3. The molecule has 4 atom stereocenters. The molecule has 1 heterocycles. The Balaban J connectivity index is 0.000000262. The standard InChI is InChI=1S/C15H10O5.C6H12O6/c16-9-3-1-8(2-4-9)13-7-12(19)15-11(18)5-10(17)6-14(15)20-13;7-1-3(9)5(11)6(12)4(10)2-8/h1-7,16-18H;1,3-6,8-12H,2H2. The van der Waals surface area contributed by atoms with Crippen LogP contribution in [0.1, 0.15) is 0 Å². The SMILES string of the molecule is O=CC(O)C(O)C(O)C(O)CO.O=c1cc(-c2ccc(O)cc2)oc2cc(O)cc(O)c12. The molecule has 0 spiro atoms. The van der Waals surface area contributed by atoms with Gasteiger partial charge in [0, 0.05) is 23.8 Å². The summed E-state index contributed by atoms with van der Waals surface area (Å²) < 4.78 is 5.53. The van der Waals surface area contributed by atoms with Gasteiger partial charge in [0.2, 0.25) is 0 Å². The summed E-state index contributed by atoms with van der Waals surface area (Å²) in [5.74, 6) is -0.133. The molecular weight excluding hydrogens is 428 g/mol. The number of phenolic OH excluding ortho intramolecular Hbond substituents is 3. The van der Waals surface area contributed by atoms with E-state index in [-0.39, 0.29) is 40.3 Å². The van der Waals surface area contributed by atoms with Crippen molar-refractivity contribution in [2.45, 2.75) is 24.4 Å². The molecule has 0 aliphatic rings. The van der Waals surface area contributed by atoms with E-state index in [0.29, 0.717) is 5.56 Å². The van der Waals surface area contributed by atoms with E-state index in [4.69, 9.17) is 29.9 Å². The van der Waals surface area contributed by atoms with Gasteiger partial charge in [-0.25, -0.2) is 0 Å². The van der Waals surface area contributed by atoms with E-state index in [2.05, 4.69) is 0 Å². The van der Waals surface area contributed by atoms with Crippen LogP contribution in [0.25, 0.3) is 22.3 Å². The van der Waals surface area contributed by atoms with Gasteiger partial charge in [-0.15, -0.1) is 0 Å². The van der Waals surface area contributed by atoms with Crippen LogP contribution in [0, 0.1) is 0 Å². The zero-order chi connectivity index (χ0) is 24.0. The first-order valence-corrected chi connectivity index (χ1v) is 9.16. The van der Waals surface area contributed by atoms with Gasteiger partial charge in [0.05, 0.1) is 6.61 Å². The van der Waals surface area contributed by atoms with Crippen molar-refractivity contribution in [1.82, 2.24) is 0 Å². The average Bonchev–Trinajstić information content (AvgIpc) is 2.77. The Morgan fingerprint density at radius 3 is 2.06 bits per heavy atom. The van der Waals surface area contributed by atoms with Crippen LogP contribution >= 0.6 is 0 Å². The summed E-state index contributed by atoms with van der Waals surface area (Å²) in [6, 6.07) is 9.74. The molecule has 172 valence electrons. The molecular formula is C21H22O11. The minimum Gasteiger partial charge on any atom is -0.508 e. The molecule has 0 radical (unpaired) electrons. The van der Waals surface area contributed by atoms with Crippen molar-refractivity contribution in [1.29, 1.82) is 0 Å². The van der Waals surface area contributed by atoms with E-state index in [1.807, 2.05) is 0 Å². The lowest BCUT2D eigenvalue weighted by Gasteiger charge is -2.22. The first kappa shape index (κ1) is 24.8. The molecule has 0 fully saturated rings. The Morgan fingerprint density at radius 2 is 1.50 bits per heavy atom. The number of fused-ring (bicyclic) bond motifs is 1. The summed E-state index contributed by atoms with van der Waals surface area (Å²) in [6.45, 7) is -0.760. The Kier molecular flexibility index (Phi) is 8.29. The predicted molar refractivity (Wildman–Crippen MR) is 110 cm³/mol. The molecule has 2 aromatic carbocycles. The van der Waals surface area contributed by atoms with Crippen molar-refractivity contribution in [2.24, 2.45) is 0 Å². The maximum atomic E-state index is 12.0. The fourth-order valence-corrected chi connectivity index (χ4v) is 2.64. The molecule has 11 nitrogen and oxygen atoms in total. The Morgan fingerprint density at radius 1 is 0.875 bits per heavy atom. The molecule has 0 amide bonds. The van der Waals surface area contributed by atoms with Crippen LogP contribution in [-0.2, 0) is 4.79 Å². The second kappa shape index (κ2) is 10.7. The topological polar surface area (TPSA) is 209 Å². The molecule has 8 N–H and O–H groups in total. The van der Waals surface area contributed by atoms with Gasteiger partial charge in [0.1, 0.15) is 58.4 Å². The number of rotatable bonds is 6. The molecule has 0 saturated heterocycles. The highest BCUT2D eigenvalue weighted by molar-refractivity contribution is 5.86. The smallest absolute Gasteiger partial charge is 0.197 e. The number of hydrogen-bond donors (Lipinski definition) is 8. The highest BCUT2D eigenvalue weighted by atomic mass is 16.4. The second-order valence-corrected chi connectivity index (χ2v) is 6.72. The van der Waals surface area contributed by atoms with Crippen LogP contribution in [0.4, 0.5) is 0 Å². The predicted octanol–water partition coefficient (Wildman–Crippen LogP) is -0.802.